The Labute approximate surface area is 99.5 Å². The standard InChI is InChI=1S/C13H26N2O/c1-12(15-6-8-16-9-7-15)10-14-11-13-4-2-3-5-13/h12-14H,2-11H2,1H3. The summed E-state index contributed by atoms with van der Waals surface area (Å²) in [5.74, 6) is 0.955. The quantitative estimate of drug-likeness (QED) is 0.768. The van der Waals surface area contributed by atoms with Gasteiger partial charge in [-0.25, -0.2) is 0 Å². The molecule has 1 aliphatic carbocycles. The third-order valence-corrected chi connectivity index (χ3v) is 4.02. The van der Waals surface area contributed by atoms with Gasteiger partial charge in [0.05, 0.1) is 13.2 Å². The van der Waals surface area contributed by atoms with Gasteiger partial charge in [0.2, 0.25) is 0 Å². The van der Waals surface area contributed by atoms with Crippen LogP contribution in [0.3, 0.4) is 0 Å². The van der Waals surface area contributed by atoms with Gasteiger partial charge in [0.15, 0.2) is 0 Å². The first-order valence-electron chi connectivity index (χ1n) is 6.89. The van der Waals surface area contributed by atoms with Crippen molar-refractivity contribution in [2.45, 2.75) is 38.6 Å². The van der Waals surface area contributed by atoms with Crippen molar-refractivity contribution in [2.24, 2.45) is 5.92 Å². The summed E-state index contributed by atoms with van der Waals surface area (Å²) >= 11 is 0. The lowest BCUT2D eigenvalue weighted by Gasteiger charge is -2.32. The highest BCUT2D eigenvalue weighted by Gasteiger charge is 2.18. The highest BCUT2D eigenvalue weighted by atomic mass is 16.5. The molecule has 1 saturated heterocycles. The van der Waals surface area contributed by atoms with Gasteiger partial charge >= 0.3 is 0 Å². The highest BCUT2D eigenvalue weighted by Crippen LogP contribution is 2.23. The van der Waals surface area contributed by atoms with Crippen LogP contribution < -0.4 is 5.32 Å². The monoisotopic (exact) mass is 226 g/mol. The Morgan fingerprint density at radius 1 is 1.25 bits per heavy atom. The predicted octanol–water partition coefficient (Wildman–Crippen LogP) is 1.49. The normalized spacial score (nSPS) is 26.1. The van der Waals surface area contributed by atoms with Crippen molar-refractivity contribution in [3.05, 3.63) is 0 Å². The van der Waals surface area contributed by atoms with Crippen LogP contribution in [0.25, 0.3) is 0 Å². The zero-order chi connectivity index (χ0) is 11.2. The molecule has 16 heavy (non-hydrogen) atoms. The van der Waals surface area contributed by atoms with E-state index in [9.17, 15) is 0 Å². The Hall–Kier alpha value is -0.120. The van der Waals surface area contributed by atoms with Crippen molar-refractivity contribution in [2.75, 3.05) is 39.4 Å². The fraction of sp³-hybridized carbons (Fsp3) is 1.00. The Morgan fingerprint density at radius 3 is 2.62 bits per heavy atom. The first-order chi connectivity index (χ1) is 7.86. The zero-order valence-electron chi connectivity index (χ0n) is 10.6. The van der Waals surface area contributed by atoms with E-state index < -0.39 is 0 Å². The SMILES string of the molecule is CC(CNCC1CCCC1)N1CCOCC1. The van der Waals surface area contributed by atoms with Crippen LogP contribution in [0, 0.1) is 5.92 Å². The molecular weight excluding hydrogens is 200 g/mol. The van der Waals surface area contributed by atoms with Crippen LogP contribution in [-0.2, 0) is 4.74 Å². The van der Waals surface area contributed by atoms with Crippen LogP contribution in [0.15, 0.2) is 0 Å². The van der Waals surface area contributed by atoms with Gasteiger partial charge in [-0.1, -0.05) is 12.8 Å². The molecule has 0 spiro atoms. The van der Waals surface area contributed by atoms with Crippen molar-refractivity contribution in [3.8, 4) is 0 Å². The van der Waals surface area contributed by atoms with E-state index in [0.717, 1.165) is 38.8 Å². The summed E-state index contributed by atoms with van der Waals surface area (Å²) in [6.45, 7) is 8.72. The molecule has 2 fully saturated rings. The minimum absolute atomic E-state index is 0.658. The first-order valence-corrected chi connectivity index (χ1v) is 6.89. The lowest BCUT2D eigenvalue weighted by atomic mass is 10.1. The summed E-state index contributed by atoms with van der Waals surface area (Å²) in [4.78, 5) is 2.53. The summed E-state index contributed by atoms with van der Waals surface area (Å²) in [5, 5.41) is 3.64. The molecule has 0 radical (unpaired) electrons. The van der Waals surface area contributed by atoms with E-state index in [4.69, 9.17) is 4.74 Å². The molecule has 1 aliphatic heterocycles. The maximum atomic E-state index is 5.37. The summed E-state index contributed by atoms with van der Waals surface area (Å²) in [5.41, 5.74) is 0. The molecule has 0 aromatic carbocycles. The smallest absolute Gasteiger partial charge is 0.0594 e. The van der Waals surface area contributed by atoms with Gasteiger partial charge in [-0.2, -0.15) is 0 Å². The van der Waals surface area contributed by atoms with Gasteiger partial charge in [0, 0.05) is 25.7 Å². The van der Waals surface area contributed by atoms with E-state index in [-0.39, 0.29) is 0 Å². The van der Waals surface area contributed by atoms with E-state index in [1.165, 1.54) is 32.2 Å². The van der Waals surface area contributed by atoms with Gasteiger partial charge in [0.1, 0.15) is 0 Å². The topological polar surface area (TPSA) is 24.5 Å². The number of hydrogen-bond acceptors (Lipinski definition) is 3. The number of ether oxygens (including phenoxy) is 1. The minimum Gasteiger partial charge on any atom is -0.379 e. The van der Waals surface area contributed by atoms with E-state index in [1.54, 1.807) is 0 Å². The second-order valence-corrected chi connectivity index (χ2v) is 5.31. The van der Waals surface area contributed by atoms with Gasteiger partial charge in [-0.3, -0.25) is 4.90 Å². The van der Waals surface area contributed by atoms with Gasteiger partial charge < -0.3 is 10.1 Å². The molecule has 1 unspecified atom stereocenters. The van der Waals surface area contributed by atoms with Gasteiger partial charge in [0.25, 0.3) is 0 Å². The van der Waals surface area contributed by atoms with Crippen molar-refractivity contribution in [1.29, 1.82) is 0 Å². The average molecular weight is 226 g/mol. The second-order valence-electron chi connectivity index (χ2n) is 5.31. The molecular formula is C13H26N2O. The number of nitrogens with one attached hydrogen (secondary N) is 1. The number of hydrogen-bond donors (Lipinski definition) is 1. The Morgan fingerprint density at radius 2 is 1.94 bits per heavy atom. The van der Waals surface area contributed by atoms with Gasteiger partial charge in [-0.05, 0) is 32.2 Å². The van der Waals surface area contributed by atoms with Crippen LogP contribution in [0.2, 0.25) is 0 Å². The number of nitrogens with zero attached hydrogens (tertiary/aromatic N) is 1. The highest BCUT2D eigenvalue weighted by molar-refractivity contribution is 4.74. The second kappa shape index (κ2) is 6.58. The molecule has 2 rings (SSSR count). The molecule has 3 heteroatoms. The third kappa shape index (κ3) is 3.72. The summed E-state index contributed by atoms with van der Waals surface area (Å²) in [6.07, 6.45) is 5.79. The molecule has 1 saturated carbocycles. The Bertz CT molecular complexity index is 186. The molecule has 1 atom stereocenters. The van der Waals surface area contributed by atoms with Crippen molar-refractivity contribution < 1.29 is 4.74 Å². The maximum absolute atomic E-state index is 5.37. The molecule has 1 N–H and O–H groups in total. The van der Waals surface area contributed by atoms with Crippen molar-refractivity contribution >= 4 is 0 Å². The van der Waals surface area contributed by atoms with Crippen LogP contribution in [0.4, 0.5) is 0 Å². The lowest BCUT2D eigenvalue weighted by Crippen LogP contribution is -2.46. The third-order valence-electron chi connectivity index (χ3n) is 4.02. The Balaban J connectivity index is 1.57. The molecule has 0 aromatic heterocycles. The first kappa shape index (κ1) is 12.3. The molecule has 94 valence electrons. The lowest BCUT2D eigenvalue weighted by molar-refractivity contribution is 0.0203. The molecule has 1 heterocycles. The van der Waals surface area contributed by atoms with E-state index in [1.807, 2.05) is 0 Å². The molecule has 2 aliphatic rings. The zero-order valence-corrected chi connectivity index (χ0v) is 10.6. The molecule has 0 bridgehead atoms. The Kier molecular flexibility index (Phi) is 5.07. The van der Waals surface area contributed by atoms with E-state index in [2.05, 4.69) is 17.1 Å². The summed E-state index contributed by atoms with van der Waals surface area (Å²) < 4.78 is 5.37. The summed E-state index contributed by atoms with van der Waals surface area (Å²) in [6, 6.07) is 0.658. The number of rotatable bonds is 5. The summed E-state index contributed by atoms with van der Waals surface area (Å²) in [7, 11) is 0. The van der Waals surface area contributed by atoms with Gasteiger partial charge in [-0.15, -0.1) is 0 Å². The van der Waals surface area contributed by atoms with Crippen LogP contribution in [0.5, 0.6) is 0 Å². The van der Waals surface area contributed by atoms with Crippen molar-refractivity contribution in [3.63, 3.8) is 0 Å². The van der Waals surface area contributed by atoms with E-state index in [0.29, 0.717) is 6.04 Å². The van der Waals surface area contributed by atoms with Crippen molar-refractivity contribution in [1.82, 2.24) is 10.2 Å². The van der Waals surface area contributed by atoms with Crippen LogP contribution in [0.1, 0.15) is 32.6 Å². The largest absolute Gasteiger partial charge is 0.379 e. The number of morpholine rings is 1. The predicted molar refractivity (Wildman–Crippen MR) is 66.7 cm³/mol. The van der Waals surface area contributed by atoms with E-state index >= 15 is 0 Å². The average Bonchev–Trinajstić information content (AvgIpc) is 2.83. The minimum atomic E-state index is 0.658. The maximum Gasteiger partial charge on any atom is 0.0594 e. The molecule has 0 aromatic rings. The molecule has 0 amide bonds. The fourth-order valence-electron chi connectivity index (χ4n) is 2.86. The van der Waals surface area contributed by atoms with Crippen LogP contribution in [-0.4, -0.2) is 50.3 Å². The molecule has 3 nitrogen and oxygen atoms in total. The van der Waals surface area contributed by atoms with Crippen LogP contribution >= 0.6 is 0 Å². The fourth-order valence-corrected chi connectivity index (χ4v) is 2.86.